The molecule has 2 N–H and O–H groups in total. The van der Waals surface area contributed by atoms with E-state index >= 15 is 0 Å². The molecular weight excluding hydrogens is 356 g/mol. The molecule has 8 nitrogen and oxygen atoms in total. The average molecular weight is 376 g/mol. The molecule has 1 aromatic heterocycles. The number of tetrazole rings is 1. The fourth-order valence-electron chi connectivity index (χ4n) is 3.84. The third kappa shape index (κ3) is 3.13. The standard InChI is InChI=1S/C20H20N6O2/c1-26-16-10-6-5-9-15(16)20(19(26)28,11-14-7-3-2-4-8-14)12-18(27)21-13-17-22-24-25-23-17/h2-10H,11-13H2,1H3,(H,21,27)(H,22,23,24,25)/t20-/m0/s1. The maximum absolute atomic E-state index is 13.4. The SMILES string of the molecule is CN1C(=O)[C@](CC(=O)NCc2nn[nH]n2)(Cc2ccccc2)c2ccccc21. The summed E-state index contributed by atoms with van der Waals surface area (Å²) in [5.74, 6) is 0.0761. The Morgan fingerprint density at radius 3 is 2.64 bits per heavy atom. The molecule has 3 aromatic rings. The minimum Gasteiger partial charge on any atom is -0.349 e. The first-order valence-corrected chi connectivity index (χ1v) is 9.01. The van der Waals surface area contributed by atoms with Crippen LogP contribution in [-0.4, -0.2) is 39.5 Å². The van der Waals surface area contributed by atoms with Crippen LogP contribution < -0.4 is 10.2 Å². The summed E-state index contributed by atoms with van der Waals surface area (Å²) in [4.78, 5) is 27.8. The van der Waals surface area contributed by atoms with Gasteiger partial charge in [-0.1, -0.05) is 53.7 Å². The maximum Gasteiger partial charge on any atom is 0.238 e. The van der Waals surface area contributed by atoms with Crippen LogP contribution in [0.5, 0.6) is 0 Å². The van der Waals surface area contributed by atoms with Crippen molar-refractivity contribution in [2.24, 2.45) is 0 Å². The molecule has 1 aliphatic rings. The van der Waals surface area contributed by atoms with E-state index in [0.717, 1.165) is 16.8 Å². The zero-order valence-corrected chi connectivity index (χ0v) is 15.4. The second kappa shape index (κ2) is 7.22. The number of aromatic amines is 1. The second-order valence-corrected chi connectivity index (χ2v) is 6.91. The topological polar surface area (TPSA) is 104 Å². The van der Waals surface area contributed by atoms with E-state index in [2.05, 4.69) is 25.9 Å². The normalized spacial score (nSPS) is 18.2. The summed E-state index contributed by atoms with van der Waals surface area (Å²) >= 11 is 0. The van der Waals surface area contributed by atoms with Crippen LogP contribution in [0.3, 0.4) is 0 Å². The van der Waals surface area contributed by atoms with E-state index in [1.165, 1.54) is 0 Å². The number of likely N-dealkylation sites (N-methyl/N-ethyl adjacent to an activating group) is 1. The molecule has 0 unspecified atom stereocenters. The lowest BCUT2D eigenvalue weighted by atomic mass is 9.73. The van der Waals surface area contributed by atoms with Gasteiger partial charge in [-0.05, 0) is 23.6 Å². The smallest absolute Gasteiger partial charge is 0.238 e. The number of carbonyl (C=O) groups is 2. The van der Waals surface area contributed by atoms with Crippen molar-refractivity contribution >= 4 is 17.5 Å². The van der Waals surface area contributed by atoms with Crippen molar-refractivity contribution in [2.45, 2.75) is 24.8 Å². The third-order valence-electron chi connectivity index (χ3n) is 5.14. The Labute approximate surface area is 162 Å². The van der Waals surface area contributed by atoms with Gasteiger partial charge in [0.25, 0.3) is 0 Å². The molecule has 2 amide bonds. The van der Waals surface area contributed by atoms with Crippen molar-refractivity contribution in [3.63, 3.8) is 0 Å². The third-order valence-corrected chi connectivity index (χ3v) is 5.14. The van der Waals surface area contributed by atoms with Crippen LogP contribution in [0.1, 0.15) is 23.4 Å². The molecule has 2 heterocycles. The van der Waals surface area contributed by atoms with Crippen molar-refractivity contribution in [1.82, 2.24) is 25.9 Å². The molecule has 142 valence electrons. The number of carbonyl (C=O) groups excluding carboxylic acids is 2. The average Bonchev–Trinajstić information content (AvgIpc) is 3.31. The number of fused-ring (bicyclic) bond motifs is 1. The van der Waals surface area contributed by atoms with Crippen LogP contribution >= 0.6 is 0 Å². The first kappa shape index (κ1) is 17.8. The van der Waals surface area contributed by atoms with E-state index in [-0.39, 0.29) is 24.8 Å². The Bertz CT molecular complexity index is 989. The van der Waals surface area contributed by atoms with Crippen molar-refractivity contribution in [2.75, 3.05) is 11.9 Å². The lowest BCUT2D eigenvalue weighted by molar-refractivity contribution is -0.129. The number of hydrogen-bond acceptors (Lipinski definition) is 5. The molecule has 0 bridgehead atoms. The summed E-state index contributed by atoms with van der Waals surface area (Å²) in [5.41, 5.74) is 1.77. The van der Waals surface area contributed by atoms with E-state index in [1.807, 2.05) is 54.6 Å². The van der Waals surface area contributed by atoms with Crippen LogP contribution in [0.15, 0.2) is 54.6 Å². The molecule has 0 fully saturated rings. The van der Waals surface area contributed by atoms with E-state index in [1.54, 1.807) is 11.9 Å². The zero-order valence-electron chi connectivity index (χ0n) is 15.4. The van der Waals surface area contributed by atoms with E-state index in [4.69, 9.17) is 0 Å². The number of amides is 2. The highest BCUT2D eigenvalue weighted by Crippen LogP contribution is 2.45. The maximum atomic E-state index is 13.4. The highest BCUT2D eigenvalue weighted by Gasteiger charge is 2.50. The highest BCUT2D eigenvalue weighted by molar-refractivity contribution is 6.09. The number of anilines is 1. The summed E-state index contributed by atoms with van der Waals surface area (Å²) < 4.78 is 0. The van der Waals surface area contributed by atoms with Crippen molar-refractivity contribution in [3.05, 3.63) is 71.5 Å². The number of aromatic nitrogens is 4. The number of nitrogens with one attached hydrogen (secondary N) is 2. The van der Waals surface area contributed by atoms with Crippen LogP contribution in [0.25, 0.3) is 0 Å². The molecule has 28 heavy (non-hydrogen) atoms. The monoisotopic (exact) mass is 376 g/mol. The first-order valence-electron chi connectivity index (χ1n) is 9.01. The molecule has 1 aliphatic heterocycles. The molecule has 0 saturated heterocycles. The molecule has 2 aromatic carbocycles. The van der Waals surface area contributed by atoms with Gasteiger partial charge in [-0.25, -0.2) is 0 Å². The molecule has 0 spiro atoms. The molecule has 8 heteroatoms. The molecule has 1 atom stereocenters. The van der Waals surface area contributed by atoms with Crippen molar-refractivity contribution < 1.29 is 9.59 Å². The number of H-pyrrole nitrogens is 1. The van der Waals surface area contributed by atoms with Crippen molar-refractivity contribution in [3.8, 4) is 0 Å². The molecule has 0 aliphatic carbocycles. The number of benzene rings is 2. The van der Waals surface area contributed by atoms with Gasteiger partial charge in [0.2, 0.25) is 11.8 Å². The van der Waals surface area contributed by atoms with Crippen molar-refractivity contribution in [1.29, 1.82) is 0 Å². The summed E-state index contributed by atoms with van der Waals surface area (Å²) in [5, 5.41) is 16.3. The van der Waals surface area contributed by atoms with Crippen LogP contribution in [0.2, 0.25) is 0 Å². The predicted molar refractivity (Wildman–Crippen MR) is 102 cm³/mol. The highest BCUT2D eigenvalue weighted by atomic mass is 16.2. The quantitative estimate of drug-likeness (QED) is 0.676. The Kier molecular flexibility index (Phi) is 4.60. The molecule has 0 radical (unpaired) electrons. The zero-order chi connectivity index (χ0) is 19.6. The minimum absolute atomic E-state index is 0.0416. The Morgan fingerprint density at radius 1 is 1.14 bits per heavy atom. The van der Waals surface area contributed by atoms with Gasteiger partial charge in [-0.2, -0.15) is 5.21 Å². The Morgan fingerprint density at radius 2 is 1.89 bits per heavy atom. The summed E-state index contributed by atoms with van der Waals surface area (Å²) in [6.45, 7) is 0.155. The predicted octanol–water partition coefficient (Wildman–Crippen LogP) is 1.36. The van der Waals surface area contributed by atoms with Crippen LogP contribution in [-0.2, 0) is 28.0 Å². The minimum atomic E-state index is -0.950. The first-order chi connectivity index (χ1) is 13.6. The number of para-hydroxylation sites is 1. The fourth-order valence-corrected chi connectivity index (χ4v) is 3.84. The van der Waals surface area contributed by atoms with Crippen LogP contribution in [0, 0.1) is 0 Å². The van der Waals surface area contributed by atoms with Gasteiger partial charge in [-0.15, -0.1) is 10.2 Å². The lowest BCUT2D eigenvalue weighted by Gasteiger charge is -2.28. The van der Waals surface area contributed by atoms with E-state index < -0.39 is 5.41 Å². The number of rotatable bonds is 6. The second-order valence-electron chi connectivity index (χ2n) is 6.91. The molecule has 4 rings (SSSR count). The van der Waals surface area contributed by atoms with Gasteiger partial charge in [0.05, 0.1) is 12.0 Å². The lowest BCUT2D eigenvalue weighted by Crippen LogP contribution is -2.44. The van der Waals surface area contributed by atoms with Gasteiger partial charge in [0.1, 0.15) is 0 Å². The summed E-state index contributed by atoms with van der Waals surface area (Å²) in [6.07, 6.45) is 0.490. The summed E-state index contributed by atoms with van der Waals surface area (Å²) in [7, 11) is 1.76. The molecular formula is C20H20N6O2. The number of nitrogens with zero attached hydrogens (tertiary/aromatic N) is 4. The Balaban J connectivity index is 1.66. The van der Waals surface area contributed by atoms with E-state index in [9.17, 15) is 9.59 Å². The van der Waals surface area contributed by atoms with Gasteiger partial charge in [0, 0.05) is 19.2 Å². The van der Waals surface area contributed by atoms with Gasteiger partial charge >= 0.3 is 0 Å². The van der Waals surface area contributed by atoms with E-state index in [0.29, 0.717) is 12.2 Å². The molecule has 0 saturated carbocycles. The van der Waals surface area contributed by atoms with Gasteiger partial charge < -0.3 is 10.2 Å². The van der Waals surface area contributed by atoms with Crippen LogP contribution in [0.4, 0.5) is 5.69 Å². The van der Waals surface area contributed by atoms with Gasteiger partial charge in [0.15, 0.2) is 5.82 Å². The number of hydrogen-bond donors (Lipinski definition) is 2. The van der Waals surface area contributed by atoms with Gasteiger partial charge in [-0.3, -0.25) is 9.59 Å². The Hall–Kier alpha value is -3.55. The largest absolute Gasteiger partial charge is 0.349 e. The summed E-state index contributed by atoms with van der Waals surface area (Å²) in [6, 6.07) is 17.4. The fraction of sp³-hybridized carbons (Fsp3) is 0.250.